The predicted octanol–water partition coefficient (Wildman–Crippen LogP) is 1.53. The van der Waals surface area contributed by atoms with Crippen LogP contribution in [-0.4, -0.2) is 12.6 Å². The van der Waals surface area contributed by atoms with Gasteiger partial charge in [-0.25, -0.2) is 4.79 Å². The summed E-state index contributed by atoms with van der Waals surface area (Å²) in [4.78, 5) is 12.4. The number of benzene rings is 1. The lowest BCUT2D eigenvalue weighted by atomic mass is 10.2. The number of thiol groups is 2. The summed E-state index contributed by atoms with van der Waals surface area (Å²) in [5.74, 6) is -0.653. The van der Waals surface area contributed by atoms with E-state index in [-0.39, 0.29) is 17.9 Å². The van der Waals surface area contributed by atoms with Crippen LogP contribution >= 0.6 is 25.3 Å². The number of nitrogen functional groups attached to an aromatic ring is 1. The second-order valence-corrected chi connectivity index (χ2v) is 3.66. The molecule has 0 heterocycles. The zero-order valence-corrected chi connectivity index (χ0v) is 9.39. The van der Waals surface area contributed by atoms with Gasteiger partial charge in [-0.2, -0.15) is 5.26 Å². The summed E-state index contributed by atoms with van der Waals surface area (Å²) < 4.78 is 4.62. The number of hydrogen-bond donors (Lipinski definition) is 3. The first kappa shape index (κ1) is 11.8. The number of nitrogens with zero attached hydrogens (tertiary/aromatic N) is 1. The Bertz CT molecular complexity index is 440. The summed E-state index contributed by atoms with van der Waals surface area (Å²) in [6.07, 6.45) is 0. The average Bonchev–Trinajstić information content (AvgIpc) is 2.19. The first-order valence-corrected chi connectivity index (χ1v) is 4.81. The van der Waals surface area contributed by atoms with Crippen LogP contribution in [0, 0.1) is 11.3 Å². The lowest BCUT2D eigenvalue weighted by Gasteiger charge is -2.07. The Morgan fingerprint density at radius 1 is 1.53 bits per heavy atom. The molecule has 0 aliphatic carbocycles. The molecule has 0 saturated heterocycles. The molecule has 0 aliphatic heterocycles. The summed E-state index contributed by atoms with van der Waals surface area (Å²) in [7, 11) is 0. The van der Waals surface area contributed by atoms with Gasteiger partial charge in [0.2, 0.25) is 0 Å². The minimum absolute atomic E-state index is 0.169. The highest BCUT2D eigenvalue weighted by atomic mass is 32.1. The van der Waals surface area contributed by atoms with E-state index in [0.29, 0.717) is 9.79 Å². The zero-order chi connectivity index (χ0) is 11.4. The van der Waals surface area contributed by atoms with Crippen molar-refractivity contribution in [2.75, 3.05) is 12.3 Å². The third-order valence-electron chi connectivity index (χ3n) is 1.63. The smallest absolute Gasteiger partial charge is 0.341 e. The van der Waals surface area contributed by atoms with Crippen molar-refractivity contribution in [3.8, 4) is 6.07 Å². The van der Waals surface area contributed by atoms with Crippen LogP contribution in [0.2, 0.25) is 0 Å². The molecule has 0 aromatic heterocycles. The minimum atomic E-state index is -0.653. The number of nitriles is 1. The van der Waals surface area contributed by atoms with Crippen LogP contribution in [0.1, 0.15) is 10.4 Å². The fraction of sp³-hybridized carbons (Fsp3) is 0.111. The highest BCUT2D eigenvalue weighted by Crippen LogP contribution is 2.25. The second kappa shape index (κ2) is 4.96. The van der Waals surface area contributed by atoms with Crippen LogP contribution in [-0.2, 0) is 4.74 Å². The van der Waals surface area contributed by atoms with E-state index in [9.17, 15) is 4.79 Å². The molecular weight excluding hydrogens is 232 g/mol. The Morgan fingerprint density at radius 3 is 2.80 bits per heavy atom. The molecule has 0 aliphatic rings. The van der Waals surface area contributed by atoms with Gasteiger partial charge in [0.25, 0.3) is 0 Å². The van der Waals surface area contributed by atoms with Gasteiger partial charge in [0.15, 0.2) is 6.61 Å². The average molecular weight is 240 g/mol. The highest BCUT2D eigenvalue weighted by Gasteiger charge is 2.13. The molecule has 0 saturated carbocycles. The predicted molar refractivity (Wildman–Crippen MR) is 61.3 cm³/mol. The number of carbonyl (C=O) groups excluding carboxylic acids is 1. The van der Waals surface area contributed by atoms with E-state index >= 15 is 0 Å². The van der Waals surface area contributed by atoms with Crippen molar-refractivity contribution in [3.05, 3.63) is 17.7 Å². The monoisotopic (exact) mass is 240 g/mol. The first-order valence-electron chi connectivity index (χ1n) is 3.91. The Morgan fingerprint density at radius 2 is 2.20 bits per heavy atom. The molecule has 2 N–H and O–H groups in total. The molecule has 1 rings (SSSR count). The molecule has 0 bridgehead atoms. The quantitative estimate of drug-likeness (QED) is 0.416. The molecule has 15 heavy (non-hydrogen) atoms. The molecule has 0 spiro atoms. The number of rotatable bonds is 2. The molecule has 6 heteroatoms. The molecule has 4 nitrogen and oxygen atoms in total. The Balaban J connectivity index is 3.04. The van der Waals surface area contributed by atoms with Crippen LogP contribution in [0.25, 0.3) is 0 Å². The van der Waals surface area contributed by atoms with Gasteiger partial charge in [-0.05, 0) is 12.1 Å². The summed E-state index contributed by atoms with van der Waals surface area (Å²) in [6, 6.07) is 4.78. The van der Waals surface area contributed by atoms with Crippen LogP contribution in [0.5, 0.6) is 0 Å². The lowest BCUT2D eigenvalue weighted by molar-refractivity contribution is 0.0555. The maximum Gasteiger partial charge on any atom is 0.341 e. The molecule has 78 valence electrons. The van der Waals surface area contributed by atoms with E-state index in [2.05, 4.69) is 30.0 Å². The van der Waals surface area contributed by atoms with Gasteiger partial charge in [0, 0.05) is 9.79 Å². The highest BCUT2D eigenvalue weighted by molar-refractivity contribution is 7.81. The molecular formula is C9H8N2O2S2. The van der Waals surface area contributed by atoms with Gasteiger partial charge in [-0.3, -0.25) is 0 Å². The minimum Gasteiger partial charge on any atom is -0.447 e. The largest absolute Gasteiger partial charge is 0.447 e. The number of nitrogens with two attached hydrogens (primary N) is 1. The van der Waals surface area contributed by atoms with Gasteiger partial charge in [-0.15, -0.1) is 25.3 Å². The summed E-state index contributed by atoms with van der Waals surface area (Å²) in [6.45, 7) is -0.309. The van der Waals surface area contributed by atoms with Crippen LogP contribution in [0.4, 0.5) is 5.69 Å². The fourth-order valence-corrected chi connectivity index (χ4v) is 1.59. The second-order valence-electron chi connectivity index (χ2n) is 2.66. The molecule has 1 aromatic rings. The van der Waals surface area contributed by atoms with Gasteiger partial charge >= 0.3 is 5.97 Å². The van der Waals surface area contributed by atoms with E-state index in [1.807, 2.05) is 0 Å². The maximum atomic E-state index is 11.4. The van der Waals surface area contributed by atoms with Crippen molar-refractivity contribution < 1.29 is 9.53 Å². The lowest BCUT2D eigenvalue weighted by Crippen LogP contribution is -2.09. The number of hydrogen-bond acceptors (Lipinski definition) is 6. The SMILES string of the molecule is N#CCOC(=O)c1cc(S)cc(S)c1N. The van der Waals surface area contributed by atoms with E-state index < -0.39 is 5.97 Å². The maximum absolute atomic E-state index is 11.4. The topological polar surface area (TPSA) is 76.1 Å². The van der Waals surface area contributed by atoms with Gasteiger partial charge in [0.1, 0.15) is 6.07 Å². The number of anilines is 1. The van der Waals surface area contributed by atoms with Crippen molar-refractivity contribution in [1.29, 1.82) is 5.26 Å². The summed E-state index contributed by atoms with van der Waals surface area (Å²) in [5.41, 5.74) is 6.02. The Labute approximate surface area is 97.8 Å². The van der Waals surface area contributed by atoms with Gasteiger partial charge < -0.3 is 10.5 Å². The van der Waals surface area contributed by atoms with Crippen LogP contribution in [0.15, 0.2) is 21.9 Å². The third-order valence-corrected chi connectivity index (χ3v) is 2.26. The fourth-order valence-electron chi connectivity index (χ4n) is 0.968. The van der Waals surface area contributed by atoms with Crippen LogP contribution in [0.3, 0.4) is 0 Å². The molecule has 0 amide bonds. The van der Waals surface area contributed by atoms with Crippen molar-refractivity contribution in [1.82, 2.24) is 0 Å². The van der Waals surface area contributed by atoms with E-state index in [4.69, 9.17) is 11.0 Å². The number of carbonyl (C=O) groups is 1. The van der Waals surface area contributed by atoms with Gasteiger partial charge in [-0.1, -0.05) is 0 Å². The van der Waals surface area contributed by atoms with E-state index in [0.717, 1.165) is 0 Å². The van der Waals surface area contributed by atoms with Crippen molar-refractivity contribution in [3.63, 3.8) is 0 Å². The summed E-state index contributed by atoms with van der Waals surface area (Å²) >= 11 is 8.16. The molecule has 1 aromatic carbocycles. The molecule has 0 atom stereocenters. The molecule has 0 fully saturated rings. The van der Waals surface area contributed by atoms with Crippen molar-refractivity contribution in [2.45, 2.75) is 9.79 Å². The Hall–Kier alpha value is -1.32. The zero-order valence-electron chi connectivity index (χ0n) is 7.60. The molecule has 0 unspecified atom stereocenters. The third kappa shape index (κ3) is 2.81. The Kier molecular flexibility index (Phi) is 3.88. The van der Waals surface area contributed by atoms with Crippen molar-refractivity contribution in [2.24, 2.45) is 0 Å². The molecule has 0 radical (unpaired) electrons. The number of ether oxygens (including phenoxy) is 1. The van der Waals surface area contributed by atoms with Crippen molar-refractivity contribution >= 4 is 36.9 Å². The van der Waals surface area contributed by atoms with E-state index in [1.54, 1.807) is 12.1 Å². The van der Waals surface area contributed by atoms with Crippen LogP contribution < -0.4 is 5.73 Å². The summed E-state index contributed by atoms with van der Waals surface area (Å²) in [5, 5.41) is 8.25. The number of esters is 1. The van der Waals surface area contributed by atoms with Gasteiger partial charge in [0.05, 0.1) is 11.3 Å². The normalized spacial score (nSPS) is 9.40. The van der Waals surface area contributed by atoms with E-state index in [1.165, 1.54) is 6.07 Å². The standard InChI is InChI=1S/C9H8N2O2S2/c10-1-2-13-9(12)6-3-5(14)4-7(15)8(6)11/h3-4,14-15H,2,11H2. The first-order chi connectivity index (χ1) is 7.06.